The summed E-state index contributed by atoms with van der Waals surface area (Å²) >= 11 is 0. The summed E-state index contributed by atoms with van der Waals surface area (Å²) in [5.74, 6) is 1.69. The highest BCUT2D eigenvalue weighted by atomic mass is 16.5. The van der Waals surface area contributed by atoms with Crippen molar-refractivity contribution in [1.29, 1.82) is 0 Å². The third-order valence-electron chi connectivity index (χ3n) is 3.29. The molecule has 0 heterocycles. The van der Waals surface area contributed by atoms with Gasteiger partial charge in [0.05, 0.1) is 20.3 Å². The van der Waals surface area contributed by atoms with E-state index in [4.69, 9.17) is 15.2 Å². The number of rotatable bonds is 4. The molecule has 3 heteroatoms. The van der Waals surface area contributed by atoms with Gasteiger partial charge in [-0.1, -0.05) is 18.2 Å². The van der Waals surface area contributed by atoms with Crippen LogP contribution in [0.5, 0.6) is 11.5 Å². The summed E-state index contributed by atoms with van der Waals surface area (Å²) in [6, 6.07) is 13.6. The van der Waals surface area contributed by atoms with Gasteiger partial charge in [-0.25, -0.2) is 0 Å². The summed E-state index contributed by atoms with van der Waals surface area (Å²) in [4.78, 5) is 0. The van der Waals surface area contributed by atoms with Crippen molar-refractivity contribution in [3.63, 3.8) is 0 Å². The number of benzene rings is 2. The quantitative estimate of drug-likeness (QED) is 0.915. The van der Waals surface area contributed by atoms with E-state index in [0.29, 0.717) is 0 Å². The molecular weight excluding hydrogens is 238 g/mol. The molecule has 0 radical (unpaired) electrons. The Balaban J connectivity index is 2.29. The van der Waals surface area contributed by atoms with Gasteiger partial charge in [0.25, 0.3) is 0 Å². The number of ether oxygens (including phenoxy) is 2. The second-order valence-corrected chi connectivity index (χ2v) is 4.47. The van der Waals surface area contributed by atoms with Crippen molar-refractivity contribution in [3.8, 4) is 11.5 Å². The van der Waals surface area contributed by atoms with E-state index in [0.717, 1.165) is 28.2 Å². The van der Waals surface area contributed by atoms with Crippen LogP contribution >= 0.6 is 0 Å². The fraction of sp³-hybridized carbons (Fsp3) is 0.250. The van der Waals surface area contributed by atoms with Gasteiger partial charge in [-0.2, -0.15) is 0 Å². The molecule has 0 bridgehead atoms. The second-order valence-electron chi connectivity index (χ2n) is 4.47. The third kappa shape index (κ3) is 2.88. The molecule has 0 aliphatic rings. The van der Waals surface area contributed by atoms with Crippen LogP contribution < -0.4 is 15.2 Å². The molecule has 19 heavy (non-hydrogen) atoms. The number of aryl methyl sites for hydroxylation is 1. The molecule has 0 fully saturated rings. The van der Waals surface area contributed by atoms with E-state index >= 15 is 0 Å². The van der Waals surface area contributed by atoms with Crippen molar-refractivity contribution >= 4 is 0 Å². The molecule has 0 aromatic heterocycles. The molecule has 0 saturated carbocycles. The van der Waals surface area contributed by atoms with Gasteiger partial charge in [0, 0.05) is 0 Å². The Labute approximate surface area is 114 Å². The number of methoxy groups -OCH3 is 2. The van der Waals surface area contributed by atoms with Crippen LogP contribution in [0.25, 0.3) is 0 Å². The van der Waals surface area contributed by atoms with Crippen LogP contribution in [0.4, 0.5) is 0 Å². The Kier molecular flexibility index (Phi) is 4.07. The van der Waals surface area contributed by atoms with Crippen LogP contribution in [0.2, 0.25) is 0 Å². The van der Waals surface area contributed by atoms with Gasteiger partial charge in [0.2, 0.25) is 0 Å². The minimum atomic E-state index is -0.142. The maximum absolute atomic E-state index is 6.32. The average Bonchev–Trinajstić information content (AvgIpc) is 2.46. The Bertz CT molecular complexity index is 549. The monoisotopic (exact) mass is 257 g/mol. The summed E-state index contributed by atoms with van der Waals surface area (Å²) in [5.41, 5.74) is 9.61. The summed E-state index contributed by atoms with van der Waals surface area (Å²) in [6.07, 6.45) is 0. The number of hydrogen-bond donors (Lipinski definition) is 1. The van der Waals surface area contributed by atoms with Crippen LogP contribution in [0.15, 0.2) is 42.5 Å². The zero-order valence-corrected chi connectivity index (χ0v) is 11.5. The predicted octanol–water partition coefficient (Wildman–Crippen LogP) is 3.06. The molecule has 0 aliphatic heterocycles. The maximum atomic E-state index is 6.32. The first-order valence-electron chi connectivity index (χ1n) is 6.19. The first-order valence-corrected chi connectivity index (χ1v) is 6.19. The topological polar surface area (TPSA) is 44.5 Å². The third-order valence-corrected chi connectivity index (χ3v) is 3.29. The van der Waals surface area contributed by atoms with Crippen LogP contribution in [0.1, 0.15) is 22.7 Å². The van der Waals surface area contributed by atoms with Crippen molar-refractivity contribution in [1.82, 2.24) is 0 Å². The number of nitrogens with two attached hydrogens (primary N) is 1. The highest BCUT2D eigenvalue weighted by Gasteiger charge is 2.12. The molecule has 2 rings (SSSR count). The van der Waals surface area contributed by atoms with Crippen LogP contribution in [-0.2, 0) is 0 Å². The Morgan fingerprint density at radius 1 is 0.895 bits per heavy atom. The van der Waals surface area contributed by atoms with E-state index in [-0.39, 0.29) is 6.04 Å². The predicted molar refractivity (Wildman–Crippen MR) is 76.8 cm³/mol. The SMILES string of the molecule is COc1ccc(C(N)c2ccc(OC)cc2C)cc1. The molecule has 0 aliphatic carbocycles. The Hall–Kier alpha value is -2.00. The molecule has 1 atom stereocenters. The molecule has 100 valence electrons. The molecular formula is C16H19NO2. The van der Waals surface area contributed by atoms with Crippen LogP contribution in [0, 0.1) is 6.92 Å². The highest BCUT2D eigenvalue weighted by Crippen LogP contribution is 2.26. The zero-order valence-electron chi connectivity index (χ0n) is 11.5. The normalized spacial score (nSPS) is 12.0. The van der Waals surface area contributed by atoms with E-state index in [1.807, 2.05) is 49.4 Å². The first kappa shape index (κ1) is 13.4. The standard InChI is InChI=1S/C16H19NO2/c1-11-10-14(19-3)8-9-15(11)16(17)12-4-6-13(18-2)7-5-12/h4-10,16H,17H2,1-3H3. The van der Waals surface area contributed by atoms with Crippen molar-refractivity contribution in [3.05, 3.63) is 59.2 Å². The zero-order chi connectivity index (χ0) is 13.8. The van der Waals surface area contributed by atoms with Gasteiger partial charge in [-0.15, -0.1) is 0 Å². The number of hydrogen-bond acceptors (Lipinski definition) is 3. The van der Waals surface area contributed by atoms with Crippen molar-refractivity contribution in [2.45, 2.75) is 13.0 Å². The van der Waals surface area contributed by atoms with Gasteiger partial charge in [0.15, 0.2) is 0 Å². The van der Waals surface area contributed by atoms with E-state index in [1.54, 1.807) is 14.2 Å². The van der Waals surface area contributed by atoms with E-state index in [1.165, 1.54) is 0 Å². The molecule has 0 amide bonds. The average molecular weight is 257 g/mol. The van der Waals surface area contributed by atoms with Crippen molar-refractivity contribution in [2.24, 2.45) is 5.73 Å². The van der Waals surface area contributed by atoms with Gasteiger partial charge < -0.3 is 15.2 Å². The fourth-order valence-electron chi connectivity index (χ4n) is 2.11. The Morgan fingerprint density at radius 2 is 1.47 bits per heavy atom. The van der Waals surface area contributed by atoms with Gasteiger partial charge >= 0.3 is 0 Å². The maximum Gasteiger partial charge on any atom is 0.119 e. The van der Waals surface area contributed by atoms with Crippen molar-refractivity contribution in [2.75, 3.05) is 14.2 Å². The summed E-state index contributed by atoms with van der Waals surface area (Å²) in [5, 5.41) is 0. The molecule has 2 aromatic rings. The molecule has 3 nitrogen and oxygen atoms in total. The van der Waals surface area contributed by atoms with E-state index in [2.05, 4.69) is 0 Å². The van der Waals surface area contributed by atoms with Crippen LogP contribution in [-0.4, -0.2) is 14.2 Å². The van der Waals surface area contributed by atoms with Gasteiger partial charge in [-0.3, -0.25) is 0 Å². The van der Waals surface area contributed by atoms with E-state index in [9.17, 15) is 0 Å². The lowest BCUT2D eigenvalue weighted by molar-refractivity contribution is 0.414. The molecule has 1 unspecified atom stereocenters. The second kappa shape index (κ2) is 5.76. The van der Waals surface area contributed by atoms with Crippen LogP contribution in [0.3, 0.4) is 0 Å². The smallest absolute Gasteiger partial charge is 0.119 e. The molecule has 0 saturated heterocycles. The minimum absolute atomic E-state index is 0.142. The lowest BCUT2D eigenvalue weighted by atomic mass is 9.95. The molecule has 2 N–H and O–H groups in total. The molecule has 2 aromatic carbocycles. The largest absolute Gasteiger partial charge is 0.497 e. The minimum Gasteiger partial charge on any atom is -0.497 e. The Morgan fingerprint density at radius 3 is 2.00 bits per heavy atom. The van der Waals surface area contributed by atoms with Gasteiger partial charge in [0.1, 0.15) is 11.5 Å². The van der Waals surface area contributed by atoms with E-state index < -0.39 is 0 Å². The van der Waals surface area contributed by atoms with Gasteiger partial charge in [-0.05, 0) is 47.9 Å². The molecule has 0 spiro atoms. The lowest BCUT2D eigenvalue weighted by Crippen LogP contribution is -2.13. The summed E-state index contributed by atoms with van der Waals surface area (Å²) in [7, 11) is 3.32. The highest BCUT2D eigenvalue weighted by molar-refractivity contribution is 5.41. The first-order chi connectivity index (χ1) is 9.15. The van der Waals surface area contributed by atoms with Crippen molar-refractivity contribution < 1.29 is 9.47 Å². The fourth-order valence-corrected chi connectivity index (χ4v) is 2.11. The lowest BCUT2D eigenvalue weighted by Gasteiger charge is -2.16. The summed E-state index contributed by atoms with van der Waals surface area (Å²) in [6.45, 7) is 2.04. The summed E-state index contributed by atoms with van der Waals surface area (Å²) < 4.78 is 10.4.